The highest BCUT2D eigenvalue weighted by molar-refractivity contribution is 6.02. The fourth-order valence-electron chi connectivity index (χ4n) is 3.54. The number of aryl methyl sites for hydroxylation is 2. The first-order valence-corrected chi connectivity index (χ1v) is 8.50. The van der Waals surface area contributed by atoms with Crippen molar-refractivity contribution >= 4 is 23.2 Å². The molecule has 128 valence electrons. The Morgan fingerprint density at radius 1 is 1.36 bits per heavy atom. The standard InChI is InChI=1S/C18H20N6O/c1-12-9-16(22-23(12)2)21-15-10-14(5-7-20-15)24-8-6-18(11-19,17(24)25)13-3-4-13/h5,7,9-10,13H,3-4,6,8H2,1-2H3,(H,20,21,22)/t18-/m1/s1. The van der Waals surface area contributed by atoms with Gasteiger partial charge in [-0.15, -0.1) is 0 Å². The van der Waals surface area contributed by atoms with Gasteiger partial charge in [0, 0.05) is 43.3 Å². The average Bonchev–Trinajstić information content (AvgIpc) is 3.33. The quantitative estimate of drug-likeness (QED) is 0.927. The molecule has 1 atom stereocenters. The monoisotopic (exact) mass is 336 g/mol. The lowest BCUT2D eigenvalue weighted by Gasteiger charge is -2.21. The van der Waals surface area contributed by atoms with Gasteiger partial charge in [-0.2, -0.15) is 10.4 Å². The molecule has 2 aromatic rings. The Hall–Kier alpha value is -2.88. The molecule has 0 bridgehead atoms. The van der Waals surface area contributed by atoms with Crippen molar-refractivity contribution in [3.05, 3.63) is 30.1 Å². The van der Waals surface area contributed by atoms with Crippen molar-refractivity contribution in [1.82, 2.24) is 14.8 Å². The summed E-state index contributed by atoms with van der Waals surface area (Å²) in [5.74, 6) is 1.50. The summed E-state index contributed by atoms with van der Waals surface area (Å²) in [5, 5.41) is 17.1. The van der Waals surface area contributed by atoms with Crippen LogP contribution in [0.1, 0.15) is 25.0 Å². The number of pyridine rings is 1. The SMILES string of the molecule is Cc1cc(Nc2cc(N3CC[C@@](C#N)(C4CC4)C3=O)ccn2)nn1C. The zero-order valence-corrected chi connectivity index (χ0v) is 14.4. The van der Waals surface area contributed by atoms with Gasteiger partial charge in [-0.1, -0.05) is 0 Å². The maximum atomic E-state index is 12.9. The smallest absolute Gasteiger partial charge is 0.247 e. The number of nitriles is 1. The number of nitrogens with one attached hydrogen (secondary N) is 1. The summed E-state index contributed by atoms with van der Waals surface area (Å²) < 4.78 is 1.78. The fourth-order valence-corrected chi connectivity index (χ4v) is 3.54. The lowest BCUT2D eigenvalue weighted by Crippen LogP contribution is -2.35. The second kappa shape index (κ2) is 5.59. The lowest BCUT2D eigenvalue weighted by atomic mass is 9.83. The van der Waals surface area contributed by atoms with Crippen LogP contribution in [0, 0.1) is 29.6 Å². The molecule has 0 unspecified atom stereocenters. The van der Waals surface area contributed by atoms with Crippen LogP contribution in [-0.4, -0.2) is 27.2 Å². The molecule has 1 aliphatic carbocycles. The number of aromatic nitrogens is 3. The van der Waals surface area contributed by atoms with E-state index in [9.17, 15) is 10.1 Å². The number of rotatable bonds is 4. The van der Waals surface area contributed by atoms with E-state index in [1.165, 1.54) is 0 Å². The van der Waals surface area contributed by atoms with Crippen LogP contribution < -0.4 is 10.2 Å². The molecule has 1 aliphatic heterocycles. The summed E-state index contributed by atoms with van der Waals surface area (Å²) in [4.78, 5) is 18.9. The molecular formula is C18H20N6O. The fraction of sp³-hybridized carbons (Fsp3) is 0.444. The molecule has 2 aromatic heterocycles. The highest BCUT2D eigenvalue weighted by atomic mass is 16.2. The first kappa shape index (κ1) is 15.6. The molecule has 25 heavy (non-hydrogen) atoms. The van der Waals surface area contributed by atoms with E-state index >= 15 is 0 Å². The van der Waals surface area contributed by atoms with E-state index in [4.69, 9.17) is 0 Å². The summed E-state index contributed by atoms with van der Waals surface area (Å²) in [7, 11) is 1.88. The van der Waals surface area contributed by atoms with E-state index in [1.54, 1.807) is 15.8 Å². The Morgan fingerprint density at radius 2 is 2.16 bits per heavy atom. The molecule has 1 N–H and O–H groups in total. The summed E-state index contributed by atoms with van der Waals surface area (Å²) in [6.45, 7) is 2.55. The number of hydrogen-bond donors (Lipinski definition) is 1. The van der Waals surface area contributed by atoms with Crippen LogP contribution in [-0.2, 0) is 11.8 Å². The second-order valence-electron chi connectivity index (χ2n) is 6.88. The molecule has 7 nitrogen and oxygen atoms in total. The zero-order chi connectivity index (χ0) is 17.6. The van der Waals surface area contributed by atoms with Crippen molar-refractivity contribution in [3.63, 3.8) is 0 Å². The molecular weight excluding hydrogens is 316 g/mol. The molecule has 0 spiro atoms. The van der Waals surface area contributed by atoms with Crippen LogP contribution in [0.25, 0.3) is 0 Å². The van der Waals surface area contributed by atoms with Crippen molar-refractivity contribution in [1.29, 1.82) is 5.26 Å². The minimum Gasteiger partial charge on any atom is -0.323 e. The van der Waals surface area contributed by atoms with E-state index in [-0.39, 0.29) is 11.8 Å². The van der Waals surface area contributed by atoms with Crippen molar-refractivity contribution in [3.8, 4) is 6.07 Å². The van der Waals surface area contributed by atoms with Gasteiger partial charge in [0.15, 0.2) is 5.82 Å². The Labute approximate surface area is 146 Å². The largest absolute Gasteiger partial charge is 0.323 e. The van der Waals surface area contributed by atoms with Crippen LogP contribution in [0.5, 0.6) is 0 Å². The molecule has 0 aromatic carbocycles. The average molecular weight is 336 g/mol. The van der Waals surface area contributed by atoms with E-state index in [2.05, 4.69) is 21.5 Å². The number of anilines is 3. The van der Waals surface area contributed by atoms with Crippen LogP contribution in [0.15, 0.2) is 24.4 Å². The number of amides is 1. The summed E-state index contributed by atoms with van der Waals surface area (Å²) in [6.07, 6.45) is 4.24. The molecule has 3 heterocycles. The first-order chi connectivity index (χ1) is 12.0. The molecule has 2 fully saturated rings. The number of carbonyl (C=O) groups excluding carboxylic acids is 1. The Morgan fingerprint density at radius 3 is 2.80 bits per heavy atom. The Bertz CT molecular complexity index is 858. The summed E-state index contributed by atoms with van der Waals surface area (Å²) >= 11 is 0. The van der Waals surface area contributed by atoms with Crippen molar-refractivity contribution in [2.45, 2.75) is 26.2 Å². The maximum absolute atomic E-state index is 12.9. The predicted molar refractivity (Wildman–Crippen MR) is 93.2 cm³/mol. The van der Waals surface area contributed by atoms with Crippen molar-refractivity contribution < 1.29 is 4.79 Å². The molecule has 4 rings (SSSR count). The van der Waals surface area contributed by atoms with Gasteiger partial charge < -0.3 is 10.2 Å². The van der Waals surface area contributed by atoms with E-state index in [0.29, 0.717) is 24.6 Å². The van der Waals surface area contributed by atoms with Gasteiger partial charge in [0.25, 0.3) is 0 Å². The van der Waals surface area contributed by atoms with Crippen LogP contribution in [0.3, 0.4) is 0 Å². The van der Waals surface area contributed by atoms with Crippen molar-refractivity contribution in [2.75, 3.05) is 16.8 Å². The second-order valence-corrected chi connectivity index (χ2v) is 6.88. The van der Waals surface area contributed by atoms with Gasteiger partial charge in [-0.25, -0.2) is 4.98 Å². The molecule has 2 aliphatic rings. The van der Waals surface area contributed by atoms with Gasteiger partial charge in [-0.05, 0) is 38.2 Å². The van der Waals surface area contributed by atoms with E-state index in [1.807, 2.05) is 32.2 Å². The first-order valence-electron chi connectivity index (χ1n) is 8.50. The van der Waals surface area contributed by atoms with Crippen molar-refractivity contribution in [2.24, 2.45) is 18.4 Å². The van der Waals surface area contributed by atoms with Gasteiger partial charge in [0.2, 0.25) is 5.91 Å². The third-order valence-electron chi connectivity index (χ3n) is 5.26. The van der Waals surface area contributed by atoms with E-state index < -0.39 is 5.41 Å². The molecule has 7 heteroatoms. The Balaban J connectivity index is 1.58. The highest BCUT2D eigenvalue weighted by Crippen LogP contribution is 2.51. The maximum Gasteiger partial charge on any atom is 0.247 e. The minimum absolute atomic E-state index is 0.0664. The lowest BCUT2D eigenvalue weighted by molar-refractivity contribution is -0.123. The predicted octanol–water partition coefficient (Wildman–Crippen LogP) is 2.52. The van der Waals surface area contributed by atoms with Gasteiger partial charge in [0.05, 0.1) is 6.07 Å². The normalized spacial score (nSPS) is 22.9. The van der Waals surface area contributed by atoms with Gasteiger partial charge >= 0.3 is 0 Å². The van der Waals surface area contributed by atoms with E-state index in [0.717, 1.165) is 24.2 Å². The Kier molecular flexibility index (Phi) is 3.49. The van der Waals surface area contributed by atoms with Crippen LogP contribution >= 0.6 is 0 Å². The van der Waals surface area contributed by atoms with Gasteiger partial charge in [-0.3, -0.25) is 9.48 Å². The van der Waals surface area contributed by atoms with Crippen LogP contribution in [0.4, 0.5) is 17.3 Å². The van der Waals surface area contributed by atoms with Crippen LogP contribution in [0.2, 0.25) is 0 Å². The number of carbonyl (C=O) groups is 1. The third kappa shape index (κ3) is 2.54. The number of hydrogen-bond acceptors (Lipinski definition) is 5. The molecule has 0 radical (unpaired) electrons. The molecule has 1 saturated carbocycles. The zero-order valence-electron chi connectivity index (χ0n) is 14.4. The summed E-state index contributed by atoms with van der Waals surface area (Å²) in [5.41, 5.74) is 0.985. The minimum atomic E-state index is -0.824. The summed E-state index contributed by atoms with van der Waals surface area (Å²) in [6, 6.07) is 7.90. The molecule has 1 saturated heterocycles. The number of nitrogens with zero attached hydrogens (tertiary/aromatic N) is 5. The third-order valence-corrected chi connectivity index (χ3v) is 5.26. The molecule has 1 amide bonds. The van der Waals surface area contributed by atoms with Gasteiger partial charge in [0.1, 0.15) is 11.2 Å². The highest BCUT2D eigenvalue weighted by Gasteiger charge is 2.56. The topological polar surface area (TPSA) is 86.8 Å².